The summed E-state index contributed by atoms with van der Waals surface area (Å²) in [5, 5.41) is 44.4. The molecule has 0 spiro atoms. The Labute approximate surface area is 375 Å². The van der Waals surface area contributed by atoms with Gasteiger partial charge in [-0.25, -0.2) is 14.4 Å². The van der Waals surface area contributed by atoms with Gasteiger partial charge in [0.15, 0.2) is 0 Å². The Morgan fingerprint density at radius 2 is 0.769 bits per heavy atom. The molecule has 0 bridgehead atoms. The molecule has 1 aliphatic rings. The van der Waals surface area contributed by atoms with Crippen LogP contribution < -0.4 is 4.74 Å². The summed E-state index contributed by atoms with van der Waals surface area (Å²) in [4.78, 5) is 42.9. The summed E-state index contributed by atoms with van der Waals surface area (Å²) >= 11 is 0. The van der Waals surface area contributed by atoms with Gasteiger partial charge in [-0.2, -0.15) is 0 Å². The lowest BCUT2D eigenvalue weighted by molar-refractivity contribution is -0.137. The molecule has 0 amide bonds. The molecular weight excluding hydrogens is 821 g/mol. The Balaban J connectivity index is 0.000000144. The van der Waals surface area contributed by atoms with Crippen molar-refractivity contribution in [2.75, 3.05) is 0 Å². The van der Waals surface area contributed by atoms with Crippen molar-refractivity contribution in [1.29, 1.82) is 0 Å². The lowest BCUT2D eigenvalue weighted by Crippen LogP contribution is -2.04. The third kappa shape index (κ3) is 13.1. The molecule has 5 N–H and O–H groups in total. The summed E-state index contributed by atoms with van der Waals surface area (Å²) in [7, 11) is 0. The summed E-state index contributed by atoms with van der Waals surface area (Å²) in [6, 6.07) is 62.2. The van der Waals surface area contributed by atoms with Gasteiger partial charge in [0, 0.05) is 5.92 Å². The van der Waals surface area contributed by atoms with Crippen LogP contribution in [-0.2, 0) is 11.2 Å². The number of para-hydroxylation sites is 1. The minimum Gasteiger partial charge on any atom is -0.508 e. The van der Waals surface area contributed by atoms with Crippen LogP contribution in [0.4, 0.5) is 0 Å². The molecule has 8 aromatic rings. The first kappa shape index (κ1) is 45.8. The van der Waals surface area contributed by atoms with E-state index in [4.69, 9.17) is 30.3 Å². The van der Waals surface area contributed by atoms with E-state index >= 15 is 0 Å². The van der Waals surface area contributed by atoms with E-state index in [1.165, 1.54) is 28.8 Å². The summed E-state index contributed by atoms with van der Waals surface area (Å²) in [5.74, 6) is -1.94. The fourth-order valence-electron chi connectivity index (χ4n) is 7.00. The zero-order valence-electron chi connectivity index (χ0n) is 34.9. The molecule has 0 aromatic heterocycles. The summed E-state index contributed by atoms with van der Waals surface area (Å²) in [5.41, 5.74) is 9.68. The Bertz CT molecular complexity index is 2680. The standard InChI is InChI=1S/C15H12O2.C14H12O2.2C13H10O3/c16-15(17)9-14-12-7-3-1-5-10(12)11-6-2-4-8-13(11)14;15-14(16)13-8-6-12(7-9-13)10-11-4-2-1-3-5-11;14-12-7-5-10(6-8-12)9-1-3-11(4-2-9)13(15)16;14-13(15)10-6-8-12(9-7-10)16-11-4-2-1-3-5-11/h1-8,14H,9H2,(H,16,17);1-9H,10H2,(H,15,16);1-8,14H,(H,15,16);1-9H,(H,14,15). The maximum atomic E-state index is 11.0. The van der Waals surface area contributed by atoms with Crippen molar-refractivity contribution in [3.05, 3.63) is 245 Å². The van der Waals surface area contributed by atoms with Crippen molar-refractivity contribution in [3.8, 4) is 39.5 Å². The van der Waals surface area contributed by atoms with E-state index in [2.05, 4.69) is 24.3 Å². The third-order valence-electron chi connectivity index (χ3n) is 10.2. The van der Waals surface area contributed by atoms with Crippen LogP contribution in [0.2, 0.25) is 0 Å². The number of hydrogen-bond acceptors (Lipinski definition) is 6. The molecule has 324 valence electrons. The van der Waals surface area contributed by atoms with Gasteiger partial charge in [0.05, 0.1) is 23.1 Å². The lowest BCUT2D eigenvalue weighted by Gasteiger charge is -2.10. The van der Waals surface area contributed by atoms with Gasteiger partial charge in [0.25, 0.3) is 0 Å². The molecule has 0 heterocycles. The van der Waals surface area contributed by atoms with Crippen molar-refractivity contribution in [2.45, 2.75) is 18.8 Å². The van der Waals surface area contributed by atoms with Gasteiger partial charge in [-0.15, -0.1) is 0 Å². The molecule has 0 unspecified atom stereocenters. The molecule has 0 atom stereocenters. The minimum absolute atomic E-state index is 0.0000926. The number of carboxylic acids is 4. The number of phenolic OH excluding ortho intramolecular Hbond substituents is 1. The highest BCUT2D eigenvalue weighted by molar-refractivity contribution is 5.89. The van der Waals surface area contributed by atoms with E-state index in [1.54, 1.807) is 72.8 Å². The molecule has 0 saturated heterocycles. The van der Waals surface area contributed by atoms with Gasteiger partial charge in [-0.05, 0) is 124 Å². The van der Waals surface area contributed by atoms with Crippen LogP contribution in [0.5, 0.6) is 17.2 Å². The number of hydrogen-bond donors (Lipinski definition) is 5. The Morgan fingerprint density at radius 3 is 1.23 bits per heavy atom. The Kier molecular flexibility index (Phi) is 15.7. The van der Waals surface area contributed by atoms with Gasteiger partial charge < -0.3 is 30.3 Å². The molecule has 1 aliphatic carbocycles. The number of ether oxygens (including phenoxy) is 1. The number of carboxylic acid groups (broad SMARTS) is 4. The molecule has 9 rings (SSSR count). The van der Waals surface area contributed by atoms with E-state index in [1.807, 2.05) is 97.1 Å². The number of fused-ring (bicyclic) bond motifs is 3. The largest absolute Gasteiger partial charge is 0.508 e. The molecule has 0 radical (unpaired) electrons. The van der Waals surface area contributed by atoms with Crippen LogP contribution in [0.3, 0.4) is 0 Å². The number of aliphatic carboxylic acids is 1. The molecule has 0 saturated carbocycles. The van der Waals surface area contributed by atoms with Crippen LogP contribution in [0.25, 0.3) is 22.3 Å². The van der Waals surface area contributed by atoms with E-state index in [-0.39, 0.29) is 29.2 Å². The van der Waals surface area contributed by atoms with Crippen molar-refractivity contribution in [1.82, 2.24) is 0 Å². The molecule has 0 fully saturated rings. The van der Waals surface area contributed by atoms with Gasteiger partial charge in [0.1, 0.15) is 17.2 Å². The van der Waals surface area contributed by atoms with Crippen molar-refractivity contribution < 1.29 is 49.4 Å². The first-order valence-corrected chi connectivity index (χ1v) is 20.4. The number of rotatable bonds is 10. The first-order valence-electron chi connectivity index (χ1n) is 20.4. The molecule has 10 nitrogen and oxygen atoms in total. The monoisotopic (exact) mass is 864 g/mol. The smallest absolute Gasteiger partial charge is 0.335 e. The average Bonchev–Trinajstić information content (AvgIpc) is 3.63. The van der Waals surface area contributed by atoms with Gasteiger partial charge >= 0.3 is 23.9 Å². The van der Waals surface area contributed by atoms with Gasteiger partial charge in [0.2, 0.25) is 0 Å². The number of carbonyl (C=O) groups is 4. The van der Waals surface area contributed by atoms with Crippen LogP contribution >= 0.6 is 0 Å². The van der Waals surface area contributed by atoms with Crippen LogP contribution in [0, 0.1) is 0 Å². The highest BCUT2D eigenvalue weighted by Crippen LogP contribution is 2.46. The van der Waals surface area contributed by atoms with Crippen LogP contribution in [0.1, 0.15) is 65.7 Å². The quantitative estimate of drug-likeness (QED) is 0.0888. The van der Waals surface area contributed by atoms with Crippen LogP contribution in [-0.4, -0.2) is 49.4 Å². The highest BCUT2D eigenvalue weighted by atomic mass is 16.5. The third-order valence-corrected chi connectivity index (χ3v) is 10.2. The van der Waals surface area contributed by atoms with E-state index < -0.39 is 23.9 Å². The zero-order chi connectivity index (χ0) is 46.1. The maximum absolute atomic E-state index is 11.0. The molecule has 0 aliphatic heterocycles. The predicted molar refractivity (Wildman–Crippen MR) is 249 cm³/mol. The zero-order valence-corrected chi connectivity index (χ0v) is 34.9. The lowest BCUT2D eigenvalue weighted by atomic mass is 9.94. The topological polar surface area (TPSA) is 179 Å². The summed E-state index contributed by atoms with van der Waals surface area (Å²) < 4.78 is 5.52. The number of aromatic hydroxyl groups is 1. The average molecular weight is 865 g/mol. The van der Waals surface area contributed by atoms with E-state index in [9.17, 15) is 19.2 Å². The molecular formula is C55H44O10. The molecule has 65 heavy (non-hydrogen) atoms. The first-order chi connectivity index (χ1) is 31.4. The van der Waals surface area contributed by atoms with E-state index in [0.717, 1.165) is 40.0 Å². The predicted octanol–water partition coefficient (Wildman–Crippen LogP) is 12.2. The molecule has 8 aromatic carbocycles. The number of aromatic carboxylic acids is 3. The van der Waals surface area contributed by atoms with Crippen molar-refractivity contribution in [2.24, 2.45) is 0 Å². The fourth-order valence-corrected chi connectivity index (χ4v) is 7.00. The SMILES string of the molecule is O=C(O)CC1c2ccccc2-c2ccccc21.O=C(O)c1ccc(-c2ccc(O)cc2)cc1.O=C(O)c1ccc(Cc2ccccc2)cc1.O=C(O)c1ccc(Oc2ccccc2)cc1. The number of benzene rings is 8. The second-order valence-electron chi connectivity index (χ2n) is 14.7. The van der Waals surface area contributed by atoms with E-state index in [0.29, 0.717) is 11.3 Å². The second-order valence-corrected chi connectivity index (χ2v) is 14.7. The Morgan fingerprint density at radius 1 is 0.400 bits per heavy atom. The van der Waals surface area contributed by atoms with Crippen molar-refractivity contribution in [3.63, 3.8) is 0 Å². The summed E-state index contributed by atoms with van der Waals surface area (Å²) in [6.45, 7) is 0. The number of phenols is 1. The minimum atomic E-state index is -0.939. The molecule has 10 heteroatoms. The highest BCUT2D eigenvalue weighted by Gasteiger charge is 2.29. The van der Waals surface area contributed by atoms with Crippen molar-refractivity contribution >= 4 is 23.9 Å². The summed E-state index contributed by atoms with van der Waals surface area (Å²) in [6.07, 6.45) is 0.995. The Hall–Kier alpha value is -8.76. The fraction of sp³-hybridized carbons (Fsp3) is 0.0545. The maximum Gasteiger partial charge on any atom is 0.335 e. The second kappa shape index (κ2) is 22.4. The van der Waals surface area contributed by atoms with Crippen LogP contribution in [0.15, 0.2) is 206 Å². The van der Waals surface area contributed by atoms with Gasteiger partial charge in [-0.1, -0.05) is 133 Å². The normalized spacial score (nSPS) is 10.8. The van der Waals surface area contributed by atoms with Gasteiger partial charge in [-0.3, -0.25) is 4.79 Å².